The Balaban J connectivity index is 1.87. The fraction of sp³-hybridized carbons (Fsp3) is 0.412. The molecule has 1 atom stereocenters. The molecule has 5 nitrogen and oxygen atoms in total. The molecule has 2 heterocycles. The lowest BCUT2D eigenvalue weighted by molar-refractivity contribution is -0.129. The number of rotatable bonds is 4. The van der Waals surface area contributed by atoms with E-state index in [1.807, 2.05) is 31.3 Å². The second kappa shape index (κ2) is 6.24. The molecule has 0 fully saturated rings. The Bertz CT molecular complexity index is 725. The van der Waals surface area contributed by atoms with Crippen molar-refractivity contribution in [1.29, 1.82) is 0 Å². The highest BCUT2D eigenvalue weighted by Crippen LogP contribution is 2.40. The zero-order chi connectivity index (χ0) is 16.6. The SMILES string of the molecule is Cc1cn[nH]c1CN1CC(CC(=O)N(C)C)c2cc(Cl)ccc21. The lowest BCUT2D eigenvalue weighted by atomic mass is 9.97. The van der Waals surface area contributed by atoms with E-state index in [1.54, 1.807) is 19.0 Å². The van der Waals surface area contributed by atoms with Crippen molar-refractivity contribution in [3.63, 3.8) is 0 Å². The minimum atomic E-state index is 0.139. The molecule has 6 heteroatoms. The lowest BCUT2D eigenvalue weighted by Crippen LogP contribution is -2.26. The first kappa shape index (κ1) is 15.9. The van der Waals surface area contributed by atoms with Gasteiger partial charge in [-0.1, -0.05) is 11.6 Å². The summed E-state index contributed by atoms with van der Waals surface area (Å²) in [5.74, 6) is 0.308. The summed E-state index contributed by atoms with van der Waals surface area (Å²) >= 11 is 6.17. The number of halogens is 1. The maximum absolute atomic E-state index is 12.1. The average molecular weight is 333 g/mol. The topological polar surface area (TPSA) is 52.2 Å². The van der Waals surface area contributed by atoms with Gasteiger partial charge in [0.1, 0.15) is 0 Å². The Morgan fingerprint density at radius 3 is 2.91 bits per heavy atom. The van der Waals surface area contributed by atoms with Crippen molar-refractivity contribution < 1.29 is 4.79 Å². The van der Waals surface area contributed by atoms with E-state index in [0.717, 1.165) is 35.6 Å². The zero-order valence-corrected chi connectivity index (χ0v) is 14.4. The van der Waals surface area contributed by atoms with Crippen LogP contribution in [-0.2, 0) is 11.3 Å². The summed E-state index contributed by atoms with van der Waals surface area (Å²) in [5.41, 5.74) is 4.56. The number of hydrogen-bond donors (Lipinski definition) is 1. The molecule has 1 unspecified atom stereocenters. The number of nitrogens with one attached hydrogen (secondary N) is 1. The van der Waals surface area contributed by atoms with Crippen LogP contribution in [-0.4, -0.2) is 41.6 Å². The molecule has 2 aromatic rings. The van der Waals surface area contributed by atoms with Gasteiger partial charge in [0.25, 0.3) is 0 Å². The summed E-state index contributed by atoms with van der Waals surface area (Å²) in [4.78, 5) is 16.1. The maximum Gasteiger partial charge on any atom is 0.222 e. The molecule has 1 aromatic carbocycles. The molecule has 122 valence electrons. The Morgan fingerprint density at radius 2 is 2.26 bits per heavy atom. The van der Waals surface area contributed by atoms with Crippen molar-refractivity contribution in [1.82, 2.24) is 15.1 Å². The number of aromatic nitrogens is 2. The van der Waals surface area contributed by atoms with E-state index < -0.39 is 0 Å². The zero-order valence-electron chi connectivity index (χ0n) is 13.6. The van der Waals surface area contributed by atoms with E-state index in [9.17, 15) is 4.79 Å². The van der Waals surface area contributed by atoms with Gasteiger partial charge in [0.05, 0.1) is 18.4 Å². The van der Waals surface area contributed by atoms with Gasteiger partial charge in [0.2, 0.25) is 5.91 Å². The molecule has 0 aliphatic carbocycles. The number of hydrogen-bond acceptors (Lipinski definition) is 3. The first-order chi connectivity index (χ1) is 11.0. The molecule has 1 amide bonds. The number of nitrogens with zero attached hydrogens (tertiary/aromatic N) is 3. The summed E-state index contributed by atoms with van der Waals surface area (Å²) in [6.07, 6.45) is 2.33. The Kier molecular flexibility index (Phi) is 4.31. The number of carbonyl (C=O) groups is 1. The van der Waals surface area contributed by atoms with Crippen molar-refractivity contribution in [2.75, 3.05) is 25.5 Å². The summed E-state index contributed by atoms with van der Waals surface area (Å²) in [6.45, 7) is 3.62. The number of amides is 1. The summed E-state index contributed by atoms with van der Waals surface area (Å²) in [5, 5.41) is 7.86. The van der Waals surface area contributed by atoms with Crippen LogP contribution < -0.4 is 4.90 Å². The highest BCUT2D eigenvalue weighted by atomic mass is 35.5. The number of fused-ring (bicyclic) bond motifs is 1. The van der Waals surface area contributed by atoms with Crippen molar-refractivity contribution in [2.24, 2.45) is 0 Å². The van der Waals surface area contributed by atoms with Gasteiger partial charge in [-0.15, -0.1) is 0 Å². The largest absolute Gasteiger partial charge is 0.365 e. The van der Waals surface area contributed by atoms with Crippen LogP contribution in [0.15, 0.2) is 24.4 Å². The summed E-state index contributed by atoms with van der Waals surface area (Å²) in [6, 6.07) is 5.94. The third-order valence-electron chi connectivity index (χ3n) is 4.41. The van der Waals surface area contributed by atoms with Gasteiger partial charge in [-0.2, -0.15) is 5.10 Å². The Morgan fingerprint density at radius 1 is 1.48 bits per heavy atom. The third kappa shape index (κ3) is 3.20. The number of H-pyrrole nitrogens is 1. The summed E-state index contributed by atoms with van der Waals surface area (Å²) < 4.78 is 0. The molecule has 0 radical (unpaired) electrons. The highest BCUT2D eigenvalue weighted by molar-refractivity contribution is 6.30. The molecular formula is C17H21ClN4O. The number of aryl methyl sites for hydroxylation is 1. The van der Waals surface area contributed by atoms with Crippen LogP contribution in [0, 0.1) is 6.92 Å². The maximum atomic E-state index is 12.1. The van der Waals surface area contributed by atoms with Crippen LogP contribution in [0.5, 0.6) is 0 Å². The number of anilines is 1. The predicted octanol–water partition coefficient (Wildman–Crippen LogP) is 2.95. The van der Waals surface area contributed by atoms with Gasteiger partial charge in [0.15, 0.2) is 0 Å². The molecule has 0 spiro atoms. The van der Waals surface area contributed by atoms with Crippen LogP contribution in [0.25, 0.3) is 0 Å². The molecule has 1 aliphatic heterocycles. The van der Waals surface area contributed by atoms with Crippen molar-refractivity contribution in [2.45, 2.75) is 25.8 Å². The first-order valence-corrected chi connectivity index (χ1v) is 8.07. The monoisotopic (exact) mass is 332 g/mol. The fourth-order valence-corrected chi connectivity index (χ4v) is 3.23. The molecular weight excluding hydrogens is 312 g/mol. The minimum Gasteiger partial charge on any atom is -0.365 e. The quantitative estimate of drug-likeness (QED) is 0.936. The van der Waals surface area contributed by atoms with Crippen LogP contribution in [0.2, 0.25) is 5.02 Å². The van der Waals surface area contributed by atoms with E-state index in [1.165, 1.54) is 0 Å². The fourth-order valence-electron chi connectivity index (χ4n) is 3.04. The molecule has 1 aliphatic rings. The van der Waals surface area contributed by atoms with Crippen LogP contribution in [0.3, 0.4) is 0 Å². The summed E-state index contributed by atoms with van der Waals surface area (Å²) in [7, 11) is 3.59. The van der Waals surface area contributed by atoms with Crippen LogP contribution in [0.4, 0.5) is 5.69 Å². The molecule has 0 bridgehead atoms. The third-order valence-corrected chi connectivity index (χ3v) is 4.65. The number of aromatic amines is 1. The van der Waals surface area contributed by atoms with E-state index >= 15 is 0 Å². The van der Waals surface area contributed by atoms with Crippen molar-refractivity contribution >= 4 is 23.2 Å². The minimum absolute atomic E-state index is 0.139. The Labute approximate surface area is 141 Å². The van der Waals surface area contributed by atoms with E-state index in [-0.39, 0.29) is 11.8 Å². The standard InChI is InChI=1S/C17H21ClN4O/c1-11-8-19-20-15(11)10-22-9-12(6-17(23)21(2)3)14-7-13(18)4-5-16(14)22/h4-5,7-8,12H,6,9-10H2,1-3H3,(H,19,20). The van der Waals surface area contributed by atoms with E-state index in [2.05, 4.69) is 15.1 Å². The predicted molar refractivity (Wildman–Crippen MR) is 91.9 cm³/mol. The second-order valence-electron chi connectivity index (χ2n) is 6.30. The average Bonchev–Trinajstić information content (AvgIpc) is 3.04. The van der Waals surface area contributed by atoms with Crippen LogP contribution in [0.1, 0.15) is 29.2 Å². The normalized spacial score (nSPS) is 16.5. The molecule has 3 rings (SSSR count). The van der Waals surface area contributed by atoms with Gasteiger partial charge in [0, 0.05) is 43.7 Å². The van der Waals surface area contributed by atoms with E-state index in [4.69, 9.17) is 11.6 Å². The highest BCUT2D eigenvalue weighted by Gasteiger charge is 2.31. The van der Waals surface area contributed by atoms with Crippen molar-refractivity contribution in [3.8, 4) is 0 Å². The molecule has 23 heavy (non-hydrogen) atoms. The number of benzene rings is 1. The van der Waals surface area contributed by atoms with Crippen LogP contribution >= 0.6 is 11.6 Å². The smallest absolute Gasteiger partial charge is 0.222 e. The van der Waals surface area contributed by atoms with Gasteiger partial charge in [-0.05, 0) is 36.2 Å². The van der Waals surface area contributed by atoms with Gasteiger partial charge < -0.3 is 9.80 Å². The molecule has 1 N–H and O–H groups in total. The number of carbonyl (C=O) groups excluding carboxylic acids is 1. The Hall–Kier alpha value is -2.01. The van der Waals surface area contributed by atoms with Gasteiger partial charge in [-0.25, -0.2) is 0 Å². The second-order valence-corrected chi connectivity index (χ2v) is 6.74. The lowest BCUT2D eigenvalue weighted by Gasteiger charge is -2.20. The first-order valence-electron chi connectivity index (χ1n) is 7.69. The molecule has 0 saturated carbocycles. The van der Waals surface area contributed by atoms with E-state index in [0.29, 0.717) is 11.4 Å². The molecule has 0 saturated heterocycles. The van der Waals surface area contributed by atoms with Gasteiger partial charge in [-0.3, -0.25) is 9.89 Å². The van der Waals surface area contributed by atoms with Gasteiger partial charge >= 0.3 is 0 Å². The molecule has 1 aromatic heterocycles. The van der Waals surface area contributed by atoms with Crippen molar-refractivity contribution in [3.05, 3.63) is 46.2 Å².